The molecule has 1 unspecified atom stereocenters. The summed E-state index contributed by atoms with van der Waals surface area (Å²) in [6.07, 6.45) is 3.27. The van der Waals surface area contributed by atoms with Gasteiger partial charge < -0.3 is 15.4 Å². The van der Waals surface area contributed by atoms with Crippen molar-refractivity contribution in [2.45, 2.75) is 25.9 Å². The van der Waals surface area contributed by atoms with E-state index in [1.807, 2.05) is 6.92 Å². The Bertz CT molecular complexity index is 780. The summed E-state index contributed by atoms with van der Waals surface area (Å²) in [5.74, 6) is 0.296. The van der Waals surface area contributed by atoms with Gasteiger partial charge in [-0.25, -0.2) is 9.97 Å². The topological polar surface area (TPSA) is 102 Å². The van der Waals surface area contributed by atoms with E-state index in [0.717, 1.165) is 25.0 Å². The molecule has 1 saturated heterocycles. The third kappa shape index (κ3) is 4.15. The van der Waals surface area contributed by atoms with Gasteiger partial charge in [0.25, 0.3) is 0 Å². The molecule has 0 radical (unpaired) electrons. The molecule has 9 heteroatoms. The molecule has 1 fully saturated rings. The molecule has 1 atom stereocenters. The number of aromatic nitrogens is 2. The Kier molecular flexibility index (Phi) is 5.30. The molecule has 0 bridgehead atoms. The number of halogens is 1. The van der Waals surface area contributed by atoms with Crippen molar-refractivity contribution >= 4 is 34.6 Å². The molecule has 1 aromatic heterocycles. The van der Waals surface area contributed by atoms with Crippen molar-refractivity contribution in [3.63, 3.8) is 0 Å². The predicted molar refractivity (Wildman–Crippen MR) is 95.6 cm³/mol. The number of anilines is 3. The van der Waals surface area contributed by atoms with Crippen LogP contribution in [-0.2, 0) is 4.74 Å². The van der Waals surface area contributed by atoms with Gasteiger partial charge in [-0.3, -0.25) is 10.1 Å². The number of nitro groups is 1. The Morgan fingerprint density at radius 3 is 2.88 bits per heavy atom. The average Bonchev–Trinajstić information content (AvgIpc) is 3.09. The smallest absolute Gasteiger partial charge is 0.353 e. The number of rotatable bonds is 6. The van der Waals surface area contributed by atoms with Crippen LogP contribution in [0, 0.1) is 17.0 Å². The number of ether oxygens (including phenoxy) is 1. The Morgan fingerprint density at radius 2 is 2.20 bits per heavy atom. The van der Waals surface area contributed by atoms with Crippen LogP contribution in [0.5, 0.6) is 0 Å². The molecule has 0 spiro atoms. The summed E-state index contributed by atoms with van der Waals surface area (Å²) in [6.45, 7) is 3.05. The van der Waals surface area contributed by atoms with Gasteiger partial charge in [0.2, 0.25) is 11.6 Å². The first kappa shape index (κ1) is 17.4. The fourth-order valence-corrected chi connectivity index (χ4v) is 2.91. The van der Waals surface area contributed by atoms with Gasteiger partial charge in [-0.2, -0.15) is 0 Å². The third-order valence-electron chi connectivity index (χ3n) is 3.97. The van der Waals surface area contributed by atoms with E-state index in [9.17, 15) is 10.1 Å². The standard InChI is InChI=1S/C16H18ClN5O3/c1-10-7-11(17)4-5-13(10)21-16-14(22(23)24)15(19-9-20-16)18-8-12-3-2-6-25-12/h4-5,7,9,12H,2-3,6,8H2,1H3,(H2,18,19,20,21). The Hall–Kier alpha value is -2.45. The van der Waals surface area contributed by atoms with Crippen molar-refractivity contribution < 1.29 is 9.66 Å². The lowest BCUT2D eigenvalue weighted by molar-refractivity contribution is -0.383. The number of hydrogen-bond donors (Lipinski definition) is 2. The second-order valence-electron chi connectivity index (χ2n) is 5.78. The number of nitrogens with zero attached hydrogens (tertiary/aromatic N) is 3. The first-order chi connectivity index (χ1) is 12.0. The summed E-state index contributed by atoms with van der Waals surface area (Å²) in [7, 11) is 0. The largest absolute Gasteiger partial charge is 0.376 e. The van der Waals surface area contributed by atoms with Gasteiger partial charge in [0.05, 0.1) is 11.0 Å². The maximum atomic E-state index is 11.6. The van der Waals surface area contributed by atoms with E-state index < -0.39 is 4.92 Å². The van der Waals surface area contributed by atoms with Crippen LogP contribution >= 0.6 is 11.6 Å². The van der Waals surface area contributed by atoms with Gasteiger partial charge in [0.1, 0.15) is 6.33 Å². The minimum atomic E-state index is -0.495. The molecule has 2 N–H and O–H groups in total. The van der Waals surface area contributed by atoms with E-state index in [2.05, 4.69) is 20.6 Å². The summed E-state index contributed by atoms with van der Waals surface area (Å²) < 4.78 is 5.52. The molecule has 2 heterocycles. The maximum Gasteiger partial charge on any atom is 0.353 e. The first-order valence-corrected chi connectivity index (χ1v) is 8.30. The second-order valence-corrected chi connectivity index (χ2v) is 6.21. The molecule has 132 valence electrons. The monoisotopic (exact) mass is 363 g/mol. The average molecular weight is 364 g/mol. The van der Waals surface area contributed by atoms with Crippen LogP contribution in [0.15, 0.2) is 24.5 Å². The molecule has 0 amide bonds. The minimum absolute atomic E-state index is 0.0458. The van der Waals surface area contributed by atoms with Gasteiger partial charge in [0, 0.05) is 23.9 Å². The van der Waals surface area contributed by atoms with Gasteiger partial charge in [0.15, 0.2) is 0 Å². The van der Waals surface area contributed by atoms with Crippen molar-refractivity contribution in [2.75, 3.05) is 23.8 Å². The van der Waals surface area contributed by atoms with Crippen molar-refractivity contribution in [1.29, 1.82) is 0 Å². The lowest BCUT2D eigenvalue weighted by atomic mass is 10.2. The fraction of sp³-hybridized carbons (Fsp3) is 0.375. The predicted octanol–water partition coefficient (Wildman–Crippen LogP) is 3.68. The normalized spacial score (nSPS) is 16.6. The van der Waals surface area contributed by atoms with Crippen molar-refractivity contribution in [2.24, 2.45) is 0 Å². The number of nitrogens with one attached hydrogen (secondary N) is 2. The van der Waals surface area contributed by atoms with E-state index in [1.54, 1.807) is 18.2 Å². The first-order valence-electron chi connectivity index (χ1n) is 7.92. The fourth-order valence-electron chi connectivity index (χ4n) is 2.68. The molecule has 1 aliphatic heterocycles. The number of aryl methyl sites for hydroxylation is 1. The Morgan fingerprint density at radius 1 is 1.40 bits per heavy atom. The zero-order chi connectivity index (χ0) is 17.8. The van der Waals surface area contributed by atoms with E-state index in [1.165, 1.54) is 6.33 Å². The van der Waals surface area contributed by atoms with Gasteiger partial charge in [-0.05, 0) is 43.5 Å². The van der Waals surface area contributed by atoms with E-state index in [0.29, 0.717) is 17.3 Å². The van der Waals surface area contributed by atoms with E-state index in [-0.39, 0.29) is 23.4 Å². The van der Waals surface area contributed by atoms with Crippen LogP contribution in [0.1, 0.15) is 18.4 Å². The highest BCUT2D eigenvalue weighted by atomic mass is 35.5. The molecule has 0 aliphatic carbocycles. The zero-order valence-electron chi connectivity index (χ0n) is 13.7. The molecule has 1 aliphatic rings. The molecule has 3 rings (SSSR count). The Balaban J connectivity index is 1.85. The van der Waals surface area contributed by atoms with Crippen LogP contribution < -0.4 is 10.6 Å². The van der Waals surface area contributed by atoms with Crippen molar-refractivity contribution in [3.8, 4) is 0 Å². The molecule has 0 saturated carbocycles. The lowest BCUT2D eigenvalue weighted by Gasteiger charge is -2.13. The number of benzene rings is 1. The zero-order valence-corrected chi connectivity index (χ0v) is 14.4. The van der Waals surface area contributed by atoms with Crippen LogP contribution in [0.4, 0.5) is 23.0 Å². The molecular weight excluding hydrogens is 346 g/mol. The SMILES string of the molecule is Cc1cc(Cl)ccc1Nc1ncnc(NCC2CCCO2)c1[N+](=O)[O-]. The summed E-state index contributed by atoms with van der Waals surface area (Å²) in [5, 5.41) is 18.2. The highest BCUT2D eigenvalue weighted by molar-refractivity contribution is 6.30. The molecule has 1 aromatic carbocycles. The molecule has 25 heavy (non-hydrogen) atoms. The third-order valence-corrected chi connectivity index (χ3v) is 4.20. The summed E-state index contributed by atoms with van der Waals surface area (Å²) >= 11 is 5.95. The molecular formula is C16H18ClN5O3. The van der Waals surface area contributed by atoms with Gasteiger partial charge >= 0.3 is 5.69 Å². The summed E-state index contributed by atoms with van der Waals surface area (Å²) in [6, 6.07) is 5.23. The van der Waals surface area contributed by atoms with Crippen LogP contribution in [0.2, 0.25) is 5.02 Å². The lowest BCUT2D eigenvalue weighted by Crippen LogP contribution is -2.20. The van der Waals surface area contributed by atoms with Crippen molar-refractivity contribution in [3.05, 3.63) is 45.2 Å². The highest BCUT2D eigenvalue weighted by Crippen LogP contribution is 2.32. The van der Waals surface area contributed by atoms with Gasteiger partial charge in [-0.15, -0.1) is 0 Å². The quantitative estimate of drug-likeness (QED) is 0.596. The molecule has 2 aromatic rings. The molecule has 8 nitrogen and oxygen atoms in total. The Labute approximate surface area is 149 Å². The van der Waals surface area contributed by atoms with Gasteiger partial charge in [-0.1, -0.05) is 11.6 Å². The second kappa shape index (κ2) is 7.62. The van der Waals surface area contributed by atoms with Crippen LogP contribution in [0.25, 0.3) is 0 Å². The summed E-state index contributed by atoms with van der Waals surface area (Å²) in [4.78, 5) is 19.1. The summed E-state index contributed by atoms with van der Waals surface area (Å²) in [5.41, 5.74) is 1.35. The highest BCUT2D eigenvalue weighted by Gasteiger charge is 2.25. The van der Waals surface area contributed by atoms with Crippen molar-refractivity contribution in [1.82, 2.24) is 9.97 Å². The maximum absolute atomic E-state index is 11.6. The van der Waals surface area contributed by atoms with Crippen LogP contribution in [0.3, 0.4) is 0 Å². The number of hydrogen-bond acceptors (Lipinski definition) is 7. The van der Waals surface area contributed by atoms with E-state index >= 15 is 0 Å². The van der Waals surface area contributed by atoms with Crippen LogP contribution in [-0.4, -0.2) is 34.1 Å². The van der Waals surface area contributed by atoms with E-state index in [4.69, 9.17) is 16.3 Å². The minimum Gasteiger partial charge on any atom is -0.376 e.